The summed E-state index contributed by atoms with van der Waals surface area (Å²) in [7, 11) is 0. The standard InChI is InChI=1S/C38H23NS2/c1-2-10-26(11-3-1)39-33-16-8-6-15-30(33)38-37(39)31-20-18-25(23-36(31)41-38)28-13-5-4-12-27(28)24-19-21-35-32(22-24)29-14-7-9-17-34(29)40-35/h1-23H. The predicted molar refractivity (Wildman–Crippen MR) is 180 cm³/mol. The Balaban J connectivity index is 1.25. The summed E-state index contributed by atoms with van der Waals surface area (Å²) in [6.45, 7) is 0. The van der Waals surface area contributed by atoms with Gasteiger partial charge in [-0.2, -0.15) is 0 Å². The van der Waals surface area contributed by atoms with E-state index < -0.39 is 0 Å². The van der Waals surface area contributed by atoms with Gasteiger partial charge < -0.3 is 4.57 Å². The first-order valence-corrected chi connectivity index (χ1v) is 15.5. The van der Waals surface area contributed by atoms with Crippen molar-refractivity contribution >= 4 is 74.1 Å². The van der Waals surface area contributed by atoms with Gasteiger partial charge in [-0.3, -0.25) is 0 Å². The average Bonchev–Trinajstić information content (AvgIpc) is 3.69. The van der Waals surface area contributed by atoms with Crippen LogP contribution in [0.1, 0.15) is 0 Å². The van der Waals surface area contributed by atoms with Crippen LogP contribution in [0.3, 0.4) is 0 Å². The minimum Gasteiger partial charge on any atom is -0.308 e. The molecule has 0 radical (unpaired) electrons. The van der Waals surface area contributed by atoms with E-state index in [1.165, 1.54) is 79.3 Å². The van der Waals surface area contributed by atoms with Crippen molar-refractivity contribution in [2.75, 3.05) is 0 Å². The zero-order chi connectivity index (χ0) is 26.9. The predicted octanol–water partition coefficient (Wildman–Crippen LogP) is 11.7. The summed E-state index contributed by atoms with van der Waals surface area (Å²) in [4.78, 5) is 0. The van der Waals surface area contributed by atoms with Crippen LogP contribution in [0.15, 0.2) is 140 Å². The molecule has 3 heteroatoms. The molecule has 192 valence electrons. The molecule has 0 atom stereocenters. The number of aromatic nitrogens is 1. The minimum atomic E-state index is 1.20. The molecule has 41 heavy (non-hydrogen) atoms. The molecular formula is C38H23NS2. The van der Waals surface area contributed by atoms with Crippen molar-refractivity contribution < 1.29 is 0 Å². The number of hydrogen-bond acceptors (Lipinski definition) is 2. The molecule has 0 N–H and O–H groups in total. The normalized spacial score (nSPS) is 11.9. The zero-order valence-electron chi connectivity index (χ0n) is 22.0. The van der Waals surface area contributed by atoms with E-state index in [-0.39, 0.29) is 0 Å². The van der Waals surface area contributed by atoms with Crippen molar-refractivity contribution in [3.05, 3.63) is 140 Å². The largest absolute Gasteiger partial charge is 0.308 e. The van der Waals surface area contributed by atoms with E-state index in [0.717, 1.165) is 0 Å². The topological polar surface area (TPSA) is 4.93 Å². The lowest BCUT2D eigenvalue weighted by atomic mass is 9.93. The van der Waals surface area contributed by atoms with Crippen LogP contribution in [0.2, 0.25) is 0 Å². The third kappa shape index (κ3) is 3.46. The fraction of sp³-hybridized carbons (Fsp3) is 0. The van der Waals surface area contributed by atoms with Gasteiger partial charge in [-0.25, -0.2) is 0 Å². The van der Waals surface area contributed by atoms with Gasteiger partial charge in [0.15, 0.2) is 0 Å². The van der Waals surface area contributed by atoms with Crippen LogP contribution in [0, 0.1) is 0 Å². The van der Waals surface area contributed by atoms with Crippen LogP contribution in [0.4, 0.5) is 0 Å². The maximum absolute atomic E-state index is 2.43. The van der Waals surface area contributed by atoms with Crippen LogP contribution in [0.5, 0.6) is 0 Å². The Kier molecular flexibility index (Phi) is 5.00. The molecule has 0 unspecified atom stereocenters. The van der Waals surface area contributed by atoms with E-state index in [1.807, 2.05) is 22.7 Å². The molecule has 0 aliphatic heterocycles. The van der Waals surface area contributed by atoms with Crippen molar-refractivity contribution in [1.82, 2.24) is 4.57 Å². The van der Waals surface area contributed by atoms with Gasteiger partial charge in [0.1, 0.15) is 0 Å². The zero-order valence-corrected chi connectivity index (χ0v) is 23.7. The smallest absolute Gasteiger partial charge is 0.0727 e. The fourth-order valence-electron chi connectivity index (χ4n) is 6.36. The third-order valence-corrected chi connectivity index (χ3v) is 10.5. The summed E-state index contributed by atoms with van der Waals surface area (Å²) in [5, 5.41) is 5.29. The van der Waals surface area contributed by atoms with Crippen LogP contribution in [-0.4, -0.2) is 4.57 Å². The molecule has 0 fully saturated rings. The summed E-state index contributed by atoms with van der Waals surface area (Å²) in [5.74, 6) is 0. The Morgan fingerprint density at radius 1 is 0.415 bits per heavy atom. The maximum atomic E-state index is 2.43. The third-order valence-electron chi connectivity index (χ3n) is 8.22. The summed E-state index contributed by atoms with van der Waals surface area (Å²) in [5.41, 5.74) is 8.80. The molecule has 0 amide bonds. The van der Waals surface area contributed by atoms with E-state index in [2.05, 4.69) is 144 Å². The van der Waals surface area contributed by atoms with Crippen LogP contribution >= 0.6 is 22.7 Å². The highest BCUT2D eigenvalue weighted by Crippen LogP contribution is 2.44. The van der Waals surface area contributed by atoms with Crippen molar-refractivity contribution in [3.63, 3.8) is 0 Å². The Morgan fingerprint density at radius 3 is 1.93 bits per heavy atom. The second-order valence-corrected chi connectivity index (χ2v) is 12.7. The monoisotopic (exact) mass is 557 g/mol. The Labute approximate surface area is 245 Å². The maximum Gasteiger partial charge on any atom is 0.0727 e. The highest BCUT2D eigenvalue weighted by molar-refractivity contribution is 7.27. The first-order valence-electron chi connectivity index (χ1n) is 13.9. The minimum absolute atomic E-state index is 1.20. The Morgan fingerprint density at radius 2 is 1.07 bits per heavy atom. The molecular weight excluding hydrogens is 535 g/mol. The Hall–Kier alpha value is -4.70. The molecule has 0 bridgehead atoms. The van der Waals surface area contributed by atoms with Crippen molar-refractivity contribution in [3.8, 4) is 27.9 Å². The molecule has 0 aliphatic rings. The molecule has 0 spiro atoms. The number of fused-ring (bicyclic) bond motifs is 8. The molecule has 3 aromatic heterocycles. The number of thiophene rings is 2. The highest BCUT2D eigenvalue weighted by Gasteiger charge is 2.18. The SMILES string of the molecule is c1ccc(-n2c3ccccc3c3sc4cc(-c5ccccc5-c5ccc6sc7ccccc7c6c5)ccc4c32)cc1. The molecule has 0 saturated heterocycles. The second kappa shape index (κ2) is 8.90. The first-order chi connectivity index (χ1) is 20.3. The van der Waals surface area contributed by atoms with Gasteiger partial charge >= 0.3 is 0 Å². The number of rotatable bonds is 3. The van der Waals surface area contributed by atoms with Crippen molar-refractivity contribution in [2.24, 2.45) is 0 Å². The van der Waals surface area contributed by atoms with E-state index in [4.69, 9.17) is 0 Å². The second-order valence-electron chi connectivity index (χ2n) is 10.5. The van der Waals surface area contributed by atoms with Gasteiger partial charge in [-0.1, -0.05) is 97.1 Å². The average molecular weight is 558 g/mol. The number of benzene rings is 6. The number of nitrogens with zero attached hydrogens (tertiary/aromatic N) is 1. The van der Waals surface area contributed by atoms with Crippen LogP contribution in [-0.2, 0) is 0 Å². The lowest BCUT2D eigenvalue weighted by molar-refractivity contribution is 1.19. The van der Waals surface area contributed by atoms with Crippen molar-refractivity contribution in [1.29, 1.82) is 0 Å². The van der Waals surface area contributed by atoms with E-state index >= 15 is 0 Å². The van der Waals surface area contributed by atoms with Crippen molar-refractivity contribution in [2.45, 2.75) is 0 Å². The summed E-state index contributed by atoms with van der Waals surface area (Å²) in [6, 6.07) is 51.0. The van der Waals surface area contributed by atoms with Crippen LogP contribution < -0.4 is 0 Å². The molecule has 9 rings (SSSR count). The van der Waals surface area contributed by atoms with Gasteiger partial charge in [-0.15, -0.1) is 22.7 Å². The summed E-state index contributed by atoms with van der Waals surface area (Å²) < 4.78 is 7.77. The highest BCUT2D eigenvalue weighted by atomic mass is 32.1. The molecule has 0 saturated carbocycles. The van der Waals surface area contributed by atoms with Gasteiger partial charge in [0.05, 0.1) is 15.7 Å². The first kappa shape index (κ1) is 23.0. The fourth-order valence-corrected chi connectivity index (χ4v) is 8.71. The molecule has 6 aromatic carbocycles. The van der Waals surface area contributed by atoms with Gasteiger partial charge in [0, 0.05) is 41.3 Å². The van der Waals surface area contributed by atoms with E-state index in [1.54, 1.807) is 0 Å². The van der Waals surface area contributed by atoms with E-state index in [9.17, 15) is 0 Å². The Bertz CT molecular complexity index is 2420. The number of hydrogen-bond donors (Lipinski definition) is 0. The molecule has 1 nitrogen and oxygen atoms in total. The quantitative estimate of drug-likeness (QED) is 0.204. The molecule has 9 aromatic rings. The summed E-state index contributed by atoms with van der Waals surface area (Å²) in [6.07, 6.45) is 0. The van der Waals surface area contributed by atoms with Gasteiger partial charge in [0.2, 0.25) is 0 Å². The molecule has 3 heterocycles. The van der Waals surface area contributed by atoms with Gasteiger partial charge in [-0.05, 0) is 64.7 Å². The summed E-state index contributed by atoms with van der Waals surface area (Å²) >= 11 is 3.77. The van der Waals surface area contributed by atoms with E-state index in [0.29, 0.717) is 0 Å². The lowest BCUT2D eigenvalue weighted by Gasteiger charge is -2.11. The number of para-hydroxylation sites is 2. The molecule has 0 aliphatic carbocycles. The van der Waals surface area contributed by atoms with Gasteiger partial charge in [0.25, 0.3) is 0 Å². The van der Waals surface area contributed by atoms with Crippen LogP contribution in [0.25, 0.3) is 79.3 Å². The lowest BCUT2D eigenvalue weighted by Crippen LogP contribution is -1.92.